The first-order valence-corrected chi connectivity index (χ1v) is 9.97. The molecule has 2 unspecified atom stereocenters. The summed E-state index contributed by atoms with van der Waals surface area (Å²) in [4.78, 5) is 24.7. The van der Waals surface area contributed by atoms with Crippen LogP contribution in [0.3, 0.4) is 0 Å². The molecule has 6 nitrogen and oxygen atoms in total. The van der Waals surface area contributed by atoms with Crippen molar-refractivity contribution < 1.29 is 19.1 Å². The van der Waals surface area contributed by atoms with Crippen LogP contribution < -0.4 is 15.4 Å². The SMILES string of the molecule is Cc1ccc(C)c(OC(C)C(=O)Nc2ccc(C(=O)NCC3CCCO3)cc2)c1. The zero-order valence-electron chi connectivity index (χ0n) is 17.2. The minimum atomic E-state index is -0.648. The fraction of sp³-hybridized carbons (Fsp3) is 0.391. The van der Waals surface area contributed by atoms with Crippen molar-refractivity contribution in [1.82, 2.24) is 5.32 Å². The molecule has 1 saturated heterocycles. The molecule has 2 aromatic carbocycles. The number of carbonyl (C=O) groups excluding carboxylic acids is 2. The number of anilines is 1. The highest BCUT2D eigenvalue weighted by atomic mass is 16.5. The molecule has 2 N–H and O–H groups in total. The summed E-state index contributed by atoms with van der Waals surface area (Å²) in [5.74, 6) is 0.303. The van der Waals surface area contributed by atoms with Crippen molar-refractivity contribution in [2.75, 3.05) is 18.5 Å². The third kappa shape index (κ3) is 5.81. The number of carbonyl (C=O) groups is 2. The number of amides is 2. The fourth-order valence-electron chi connectivity index (χ4n) is 3.14. The lowest BCUT2D eigenvalue weighted by Crippen LogP contribution is -2.32. The first-order chi connectivity index (χ1) is 13.9. The molecular weight excluding hydrogens is 368 g/mol. The van der Waals surface area contributed by atoms with Crippen molar-refractivity contribution in [3.05, 3.63) is 59.2 Å². The number of benzene rings is 2. The maximum atomic E-state index is 12.5. The van der Waals surface area contributed by atoms with Crippen molar-refractivity contribution in [3.63, 3.8) is 0 Å². The lowest BCUT2D eigenvalue weighted by atomic mass is 10.1. The first-order valence-electron chi connectivity index (χ1n) is 9.97. The summed E-state index contributed by atoms with van der Waals surface area (Å²) in [7, 11) is 0. The Hall–Kier alpha value is -2.86. The maximum absolute atomic E-state index is 12.5. The number of aryl methyl sites for hydroxylation is 2. The zero-order valence-corrected chi connectivity index (χ0v) is 17.2. The molecule has 0 aromatic heterocycles. The molecule has 0 radical (unpaired) electrons. The third-order valence-corrected chi connectivity index (χ3v) is 4.95. The van der Waals surface area contributed by atoms with E-state index in [9.17, 15) is 9.59 Å². The standard InChI is InChI=1S/C23H28N2O4/c1-15-6-7-16(2)21(13-15)29-17(3)22(26)25-19-10-8-18(9-11-19)23(27)24-14-20-5-4-12-28-20/h6-11,13,17,20H,4-5,12,14H2,1-3H3,(H,24,27)(H,25,26). The van der Waals surface area contributed by atoms with Gasteiger partial charge in [-0.1, -0.05) is 12.1 Å². The van der Waals surface area contributed by atoms with Crippen LogP contribution in [0.15, 0.2) is 42.5 Å². The zero-order chi connectivity index (χ0) is 20.8. The molecular formula is C23H28N2O4. The Morgan fingerprint density at radius 3 is 2.62 bits per heavy atom. The predicted molar refractivity (Wildman–Crippen MR) is 112 cm³/mol. The van der Waals surface area contributed by atoms with Gasteiger partial charge in [0.25, 0.3) is 11.8 Å². The number of nitrogens with one attached hydrogen (secondary N) is 2. The lowest BCUT2D eigenvalue weighted by molar-refractivity contribution is -0.122. The van der Waals surface area contributed by atoms with Crippen LogP contribution >= 0.6 is 0 Å². The molecule has 0 bridgehead atoms. The van der Waals surface area contributed by atoms with Gasteiger partial charge in [-0.25, -0.2) is 0 Å². The van der Waals surface area contributed by atoms with Gasteiger partial charge in [0.05, 0.1) is 6.10 Å². The summed E-state index contributed by atoms with van der Waals surface area (Å²) < 4.78 is 11.3. The Morgan fingerprint density at radius 1 is 1.17 bits per heavy atom. The van der Waals surface area contributed by atoms with E-state index in [2.05, 4.69) is 10.6 Å². The Kier molecular flexibility index (Phi) is 6.88. The van der Waals surface area contributed by atoms with E-state index >= 15 is 0 Å². The monoisotopic (exact) mass is 396 g/mol. The molecule has 1 aliphatic heterocycles. The summed E-state index contributed by atoms with van der Waals surface area (Å²) in [6, 6.07) is 12.7. The Balaban J connectivity index is 1.52. The van der Waals surface area contributed by atoms with Crippen LogP contribution in [0.4, 0.5) is 5.69 Å². The number of hydrogen-bond donors (Lipinski definition) is 2. The van der Waals surface area contributed by atoms with E-state index in [0.29, 0.717) is 23.5 Å². The molecule has 1 fully saturated rings. The number of rotatable bonds is 7. The Morgan fingerprint density at radius 2 is 1.93 bits per heavy atom. The summed E-state index contributed by atoms with van der Waals surface area (Å²) >= 11 is 0. The average molecular weight is 396 g/mol. The van der Waals surface area contributed by atoms with Crippen LogP contribution in [-0.4, -0.2) is 37.2 Å². The van der Waals surface area contributed by atoms with E-state index in [1.807, 2.05) is 32.0 Å². The van der Waals surface area contributed by atoms with Crippen LogP contribution in [0.1, 0.15) is 41.3 Å². The summed E-state index contributed by atoms with van der Waals surface area (Å²) in [6.07, 6.45) is 1.48. The van der Waals surface area contributed by atoms with Crippen molar-refractivity contribution in [2.24, 2.45) is 0 Å². The van der Waals surface area contributed by atoms with E-state index in [1.54, 1.807) is 31.2 Å². The first kappa shape index (κ1) is 20.9. The van der Waals surface area contributed by atoms with Gasteiger partial charge < -0.3 is 20.1 Å². The normalized spacial score (nSPS) is 16.9. The number of ether oxygens (including phenoxy) is 2. The third-order valence-electron chi connectivity index (χ3n) is 4.95. The molecule has 1 heterocycles. The summed E-state index contributed by atoms with van der Waals surface area (Å²) in [5.41, 5.74) is 3.21. The Bertz CT molecular complexity index is 858. The van der Waals surface area contributed by atoms with Gasteiger partial charge in [0, 0.05) is 24.4 Å². The second-order valence-electron chi connectivity index (χ2n) is 7.44. The van der Waals surface area contributed by atoms with Gasteiger partial charge in [-0.15, -0.1) is 0 Å². The van der Waals surface area contributed by atoms with E-state index in [0.717, 1.165) is 30.6 Å². The minimum absolute atomic E-state index is 0.107. The highest BCUT2D eigenvalue weighted by Gasteiger charge is 2.18. The molecule has 1 aliphatic rings. The predicted octanol–water partition coefficient (Wildman–Crippen LogP) is 3.62. The molecule has 0 saturated carbocycles. The molecule has 0 spiro atoms. The summed E-state index contributed by atoms with van der Waals surface area (Å²) in [6.45, 7) is 6.92. The highest BCUT2D eigenvalue weighted by molar-refractivity contribution is 5.96. The van der Waals surface area contributed by atoms with Gasteiger partial charge >= 0.3 is 0 Å². The lowest BCUT2D eigenvalue weighted by Gasteiger charge is -2.17. The van der Waals surface area contributed by atoms with Crippen LogP contribution in [0.5, 0.6) is 5.75 Å². The van der Waals surface area contributed by atoms with Crippen molar-refractivity contribution >= 4 is 17.5 Å². The van der Waals surface area contributed by atoms with Gasteiger partial charge in [-0.05, 0) is 75.1 Å². The molecule has 29 heavy (non-hydrogen) atoms. The second kappa shape index (κ2) is 9.56. The quantitative estimate of drug-likeness (QED) is 0.749. The molecule has 3 rings (SSSR count). The van der Waals surface area contributed by atoms with Gasteiger partial charge in [0.1, 0.15) is 5.75 Å². The topological polar surface area (TPSA) is 76.7 Å². The van der Waals surface area contributed by atoms with E-state index in [-0.39, 0.29) is 17.9 Å². The smallest absolute Gasteiger partial charge is 0.265 e. The molecule has 0 aliphatic carbocycles. The molecule has 6 heteroatoms. The van der Waals surface area contributed by atoms with Gasteiger partial charge in [-0.2, -0.15) is 0 Å². The highest BCUT2D eigenvalue weighted by Crippen LogP contribution is 2.21. The van der Waals surface area contributed by atoms with Crippen molar-refractivity contribution in [2.45, 2.75) is 45.8 Å². The van der Waals surface area contributed by atoms with Crippen LogP contribution in [0.25, 0.3) is 0 Å². The van der Waals surface area contributed by atoms with E-state index in [4.69, 9.17) is 9.47 Å². The molecule has 154 valence electrons. The van der Waals surface area contributed by atoms with Crippen molar-refractivity contribution in [1.29, 1.82) is 0 Å². The molecule has 2 amide bonds. The van der Waals surface area contributed by atoms with Crippen LogP contribution in [-0.2, 0) is 9.53 Å². The fourth-order valence-corrected chi connectivity index (χ4v) is 3.14. The van der Waals surface area contributed by atoms with Gasteiger partial charge in [-0.3, -0.25) is 9.59 Å². The average Bonchev–Trinajstić information content (AvgIpc) is 3.23. The van der Waals surface area contributed by atoms with Gasteiger partial charge in [0.15, 0.2) is 6.10 Å². The molecule has 2 aromatic rings. The van der Waals surface area contributed by atoms with Crippen LogP contribution in [0.2, 0.25) is 0 Å². The van der Waals surface area contributed by atoms with E-state index in [1.165, 1.54) is 0 Å². The van der Waals surface area contributed by atoms with Crippen molar-refractivity contribution in [3.8, 4) is 5.75 Å². The minimum Gasteiger partial charge on any atom is -0.481 e. The maximum Gasteiger partial charge on any atom is 0.265 e. The van der Waals surface area contributed by atoms with E-state index < -0.39 is 6.10 Å². The number of hydrogen-bond acceptors (Lipinski definition) is 4. The largest absolute Gasteiger partial charge is 0.481 e. The molecule has 2 atom stereocenters. The second-order valence-corrected chi connectivity index (χ2v) is 7.44. The summed E-state index contributed by atoms with van der Waals surface area (Å²) in [5, 5.41) is 5.71. The van der Waals surface area contributed by atoms with Crippen LogP contribution in [0, 0.1) is 13.8 Å². The Labute approximate surface area is 171 Å². The van der Waals surface area contributed by atoms with Gasteiger partial charge in [0.2, 0.25) is 0 Å².